The molecule has 0 aromatic carbocycles. The molecule has 0 fully saturated rings. The third-order valence-electron chi connectivity index (χ3n) is 3.92. The van der Waals surface area contributed by atoms with E-state index in [0.29, 0.717) is 17.2 Å². The fourth-order valence-electron chi connectivity index (χ4n) is 2.60. The van der Waals surface area contributed by atoms with E-state index >= 15 is 0 Å². The Hall–Kier alpha value is -2.61. The summed E-state index contributed by atoms with van der Waals surface area (Å²) in [6.07, 6.45) is 1.64. The van der Waals surface area contributed by atoms with Gasteiger partial charge in [0, 0.05) is 17.0 Å². The van der Waals surface area contributed by atoms with Gasteiger partial charge in [-0.05, 0) is 45.9 Å². The molecule has 8 heteroatoms. The van der Waals surface area contributed by atoms with Gasteiger partial charge in [-0.1, -0.05) is 5.16 Å². The van der Waals surface area contributed by atoms with Gasteiger partial charge in [0.25, 0.3) is 0 Å². The number of carbonyl (C=O) groups is 1. The summed E-state index contributed by atoms with van der Waals surface area (Å²) in [4.78, 5) is 16.5. The maximum Gasteiger partial charge on any atom is 0.234 e. The van der Waals surface area contributed by atoms with Gasteiger partial charge in [-0.15, -0.1) is 11.8 Å². The first kappa shape index (κ1) is 18.2. The van der Waals surface area contributed by atoms with Gasteiger partial charge in [0.1, 0.15) is 5.76 Å². The van der Waals surface area contributed by atoms with Gasteiger partial charge in [-0.25, -0.2) is 9.67 Å². The average Bonchev–Trinajstić information content (AvgIpc) is 3.10. The molecule has 3 aromatic rings. The lowest BCUT2D eigenvalue weighted by molar-refractivity contribution is -0.113. The topological polar surface area (TPSA) is 85.8 Å². The Morgan fingerprint density at radius 2 is 2.08 bits per heavy atom. The molecule has 0 bridgehead atoms. The highest BCUT2D eigenvalue weighted by Gasteiger charge is 2.11. The maximum absolute atomic E-state index is 12.1. The van der Waals surface area contributed by atoms with Crippen molar-refractivity contribution < 1.29 is 9.32 Å². The predicted octanol–water partition coefficient (Wildman–Crippen LogP) is 3.36. The molecule has 3 aromatic heterocycles. The molecular weight excluding hydrogens is 350 g/mol. The van der Waals surface area contributed by atoms with Crippen LogP contribution < -0.4 is 5.32 Å². The molecule has 7 nitrogen and oxygen atoms in total. The number of hydrogen-bond acceptors (Lipinski definition) is 6. The van der Waals surface area contributed by atoms with E-state index in [4.69, 9.17) is 4.52 Å². The molecular formula is C18H21N5O2S. The number of nitrogens with zero attached hydrogens (tertiary/aromatic N) is 4. The van der Waals surface area contributed by atoms with Crippen molar-refractivity contribution in [2.24, 2.45) is 0 Å². The van der Waals surface area contributed by atoms with Crippen molar-refractivity contribution in [1.82, 2.24) is 19.9 Å². The van der Waals surface area contributed by atoms with Gasteiger partial charge >= 0.3 is 0 Å². The molecule has 26 heavy (non-hydrogen) atoms. The Morgan fingerprint density at radius 3 is 2.65 bits per heavy atom. The Balaban J connectivity index is 1.54. The van der Waals surface area contributed by atoms with E-state index in [1.54, 1.807) is 10.9 Å². The second-order valence-corrected chi connectivity index (χ2v) is 7.07. The monoisotopic (exact) mass is 371 g/mol. The van der Waals surface area contributed by atoms with Crippen LogP contribution in [0.5, 0.6) is 0 Å². The van der Waals surface area contributed by atoms with Crippen LogP contribution in [-0.4, -0.2) is 31.6 Å². The van der Waals surface area contributed by atoms with Crippen LogP contribution in [0.3, 0.4) is 0 Å². The Bertz CT molecular complexity index is 895. The zero-order valence-corrected chi connectivity index (χ0v) is 16.1. The molecule has 3 heterocycles. The van der Waals surface area contributed by atoms with Crippen LogP contribution in [0.25, 0.3) is 5.82 Å². The first-order valence-corrected chi connectivity index (χ1v) is 9.38. The van der Waals surface area contributed by atoms with Gasteiger partial charge in [0.15, 0.2) is 5.82 Å². The van der Waals surface area contributed by atoms with E-state index in [1.807, 2.05) is 45.9 Å². The van der Waals surface area contributed by atoms with Crippen molar-refractivity contribution in [3.63, 3.8) is 0 Å². The Labute approximate surface area is 156 Å². The van der Waals surface area contributed by atoms with E-state index in [1.165, 1.54) is 11.8 Å². The van der Waals surface area contributed by atoms with Crippen molar-refractivity contribution in [2.45, 2.75) is 33.4 Å². The number of amides is 1. The molecule has 0 unspecified atom stereocenters. The van der Waals surface area contributed by atoms with E-state index in [-0.39, 0.29) is 5.91 Å². The van der Waals surface area contributed by atoms with Crippen LogP contribution in [-0.2, 0) is 10.5 Å². The lowest BCUT2D eigenvalue weighted by atomic mass is 10.2. The van der Waals surface area contributed by atoms with Gasteiger partial charge in [0.05, 0.1) is 29.0 Å². The summed E-state index contributed by atoms with van der Waals surface area (Å²) in [5.41, 5.74) is 4.55. The van der Waals surface area contributed by atoms with Crippen molar-refractivity contribution >= 4 is 23.4 Å². The third-order valence-corrected chi connectivity index (χ3v) is 4.88. The number of aryl methyl sites for hydroxylation is 4. The van der Waals surface area contributed by atoms with Crippen LogP contribution in [0, 0.1) is 27.7 Å². The van der Waals surface area contributed by atoms with Crippen molar-refractivity contribution in [1.29, 1.82) is 0 Å². The quantitative estimate of drug-likeness (QED) is 0.715. The minimum atomic E-state index is -0.0672. The van der Waals surface area contributed by atoms with Gasteiger partial charge in [-0.2, -0.15) is 5.10 Å². The van der Waals surface area contributed by atoms with Crippen LogP contribution in [0.1, 0.15) is 28.4 Å². The second kappa shape index (κ2) is 7.74. The summed E-state index contributed by atoms with van der Waals surface area (Å²) >= 11 is 1.52. The van der Waals surface area contributed by atoms with E-state index in [9.17, 15) is 4.79 Å². The van der Waals surface area contributed by atoms with Crippen LogP contribution in [0.4, 0.5) is 5.69 Å². The highest BCUT2D eigenvalue weighted by Crippen LogP contribution is 2.20. The van der Waals surface area contributed by atoms with Crippen molar-refractivity contribution in [3.05, 3.63) is 52.8 Å². The zero-order chi connectivity index (χ0) is 18.7. The molecule has 3 rings (SSSR count). The standard InChI is InChI=1S/C18H21N5O2S/c1-11-7-12(2)23(21-11)17-6-5-15(8-19-17)20-18(24)10-26-9-16-13(3)22-25-14(16)4/h5-8H,9-10H2,1-4H3,(H,20,24). The number of anilines is 1. The van der Waals surface area contributed by atoms with E-state index in [0.717, 1.165) is 34.2 Å². The maximum atomic E-state index is 12.1. The highest BCUT2D eigenvalue weighted by atomic mass is 32.2. The lowest BCUT2D eigenvalue weighted by Crippen LogP contribution is -2.14. The van der Waals surface area contributed by atoms with Crippen molar-refractivity contribution in [2.75, 3.05) is 11.1 Å². The Kier molecular flexibility index (Phi) is 5.41. The second-order valence-electron chi connectivity index (χ2n) is 6.09. The summed E-state index contributed by atoms with van der Waals surface area (Å²) < 4.78 is 6.90. The molecule has 0 radical (unpaired) electrons. The summed E-state index contributed by atoms with van der Waals surface area (Å²) in [5, 5.41) is 11.2. The first-order chi connectivity index (χ1) is 12.4. The molecule has 0 spiro atoms. The molecule has 0 atom stereocenters. The largest absolute Gasteiger partial charge is 0.361 e. The zero-order valence-electron chi connectivity index (χ0n) is 15.2. The number of pyridine rings is 1. The number of nitrogens with one attached hydrogen (secondary N) is 1. The molecule has 0 aliphatic rings. The number of carbonyl (C=O) groups excluding carboxylic acids is 1. The van der Waals surface area contributed by atoms with Gasteiger partial charge in [-0.3, -0.25) is 4.79 Å². The SMILES string of the molecule is Cc1cc(C)n(-c2ccc(NC(=O)CSCc3c(C)noc3C)cn2)n1. The normalized spacial score (nSPS) is 10.9. The average molecular weight is 371 g/mol. The molecule has 1 amide bonds. The number of thioether (sulfide) groups is 1. The Morgan fingerprint density at radius 1 is 1.27 bits per heavy atom. The lowest BCUT2D eigenvalue weighted by Gasteiger charge is -2.07. The molecule has 136 valence electrons. The van der Waals surface area contributed by atoms with Crippen molar-refractivity contribution in [3.8, 4) is 5.82 Å². The molecule has 1 N–H and O–H groups in total. The minimum Gasteiger partial charge on any atom is -0.361 e. The summed E-state index contributed by atoms with van der Waals surface area (Å²) in [6, 6.07) is 5.66. The van der Waals surface area contributed by atoms with Crippen LogP contribution in [0.15, 0.2) is 28.9 Å². The van der Waals surface area contributed by atoms with E-state index in [2.05, 4.69) is 20.6 Å². The molecule has 0 aliphatic carbocycles. The van der Waals surface area contributed by atoms with Crippen LogP contribution >= 0.6 is 11.8 Å². The fraction of sp³-hybridized carbons (Fsp3) is 0.333. The highest BCUT2D eigenvalue weighted by molar-refractivity contribution is 7.99. The molecule has 0 aliphatic heterocycles. The number of rotatable bonds is 6. The molecule has 0 saturated carbocycles. The van der Waals surface area contributed by atoms with E-state index < -0.39 is 0 Å². The minimum absolute atomic E-state index is 0.0672. The summed E-state index contributed by atoms with van der Waals surface area (Å²) in [6.45, 7) is 7.71. The first-order valence-electron chi connectivity index (χ1n) is 8.23. The van der Waals surface area contributed by atoms with Gasteiger partial charge in [0.2, 0.25) is 5.91 Å². The summed E-state index contributed by atoms with van der Waals surface area (Å²) in [7, 11) is 0. The number of hydrogen-bond donors (Lipinski definition) is 1. The van der Waals surface area contributed by atoms with Crippen LogP contribution in [0.2, 0.25) is 0 Å². The summed E-state index contributed by atoms with van der Waals surface area (Å²) in [5.74, 6) is 2.51. The molecule has 0 saturated heterocycles. The smallest absolute Gasteiger partial charge is 0.234 e. The number of aromatic nitrogens is 4. The fourth-order valence-corrected chi connectivity index (χ4v) is 3.57. The van der Waals surface area contributed by atoms with Gasteiger partial charge < -0.3 is 9.84 Å². The predicted molar refractivity (Wildman–Crippen MR) is 102 cm³/mol. The third kappa shape index (κ3) is 4.13.